The maximum Gasteiger partial charge on any atom is 0.338 e. The van der Waals surface area contributed by atoms with Crippen LogP contribution >= 0.6 is 0 Å². The number of rotatable bonds is 5. The Kier molecular flexibility index (Phi) is 6.86. The number of amides is 3. The van der Waals surface area contributed by atoms with Crippen LogP contribution in [0.5, 0.6) is 0 Å². The molecule has 0 aromatic heterocycles. The van der Waals surface area contributed by atoms with E-state index in [0.717, 1.165) is 32.1 Å². The van der Waals surface area contributed by atoms with E-state index in [0.29, 0.717) is 5.56 Å². The van der Waals surface area contributed by atoms with E-state index in [4.69, 9.17) is 4.74 Å². The third-order valence-corrected chi connectivity index (χ3v) is 4.46. The van der Waals surface area contributed by atoms with Crippen LogP contribution in [0.25, 0.3) is 0 Å². The van der Waals surface area contributed by atoms with Gasteiger partial charge in [-0.2, -0.15) is 0 Å². The van der Waals surface area contributed by atoms with Crippen LogP contribution in [-0.4, -0.2) is 35.0 Å². The van der Waals surface area contributed by atoms with E-state index in [1.165, 1.54) is 32.0 Å². The summed E-state index contributed by atoms with van der Waals surface area (Å²) in [5, 5.41) is 15.7. The SMILES string of the molecule is Cc1cc(C(=O)O[C@H](C)C(=O)NC(=O)NC2CCCCC2)ccc1[N+](=O)[O-]. The zero-order chi connectivity index (χ0) is 20.0. The van der Waals surface area contributed by atoms with Gasteiger partial charge in [-0.05, 0) is 38.8 Å². The van der Waals surface area contributed by atoms with Gasteiger partial charge in [0.15, 0.2) is 6.10 Å². The molecule has 146 valence electrons. The Morgan fingerprint density at radius 3 is 2.48 bits per heavy atom. The molecular weight excluding hydrogens is 354 g/mol. The molecule has 9 nitrogen and oxygen atoms in total. The first-order valence-corrected chi connectivity index (χ1v) is 8.85. The summed E-state index contributed by atoms with van der Waals surface area (Å²) in [6, 6.07) is 3.22. The predicted molar refractivity (Wildman–Crippen MR) is 96.3 cm³/mol. The number of nitrogens with zero attached hydrogens (tertiary/aromatic N) is 1. The molecule has 3 amide bonds. The van der Waals surface area contributed by atoms with Crippen LogP contribution < -0.4 is 10.6 Å². The Morgan fingerprint density at radius 1 is 1.22 bits per heavy atom. The summed E-state index contributed by atoms with van der Waals surface area (Å²) in [5.41, 5.74) is 0.277. The second kappa shape index (κ2) is 9.11. The lowest BCUT2D eigenvalue weighted by molar-refractivity contribution is -0.385. The number of urea groups is 1. The van der Waals surface area contributed by atoms with E-state index in [2.05, 4.69) is 10.6 Å². The van der Waals surface area contributed by atoms with Crippen LogP contribution in [0.1, 0.15) is 54.9 Å². The van der Waals surface area contributed by atoms with Crippen molar-refractivity contribution in [2.45, 2.75) is 58.1 Å². The Bertz CT molecular complexity index is 743. The minimum absolute atomic E-state index is 0.0486. The second-order valence-electron chi connectivity index (χ2n) is 6.60. The highest BCUT2D eigenvalue weighted by molar-refractivity contribution is 5.98. The van der Waals surface area contributed by atoms with E-state index in [1.807, 2.05) is 0 Å². The van der Waals surface area contributed by atoms with Gasteiger partial charge in [-0.25, -0.2) is 9.59 Å². The number of carbonyl (C=O) groups excluding carboxylic acids is 3. The smallest absolute Gasteiger partial charge is 0.338 e. The van der Waals surface area contributed by atoms with Crippen LogP contribution in [0, 0.1) is 17.0 Å². The number of carbonyl (C=O) groups is 3. The molecule has 1 aliphatic rings. The number of esters is 1. The fourth-order valence-electron chi connectivity index (χ4n) is 2.95. The van der Waals surface area contributed by atoms with Gasteiger partial charge in [0.25, 0.3) is 11.6 Å². The average Bonchev–Trinajstić information content (AvgIpc) is 2.61. The first-order chi connectivity index (χ1) is 12.8. The normalized spacial score (nSPS) is 15.5. The van der Waals surface area contributed by atoms with E-state index < -0.39 is 28.9 Å². The Balaban J connectivity index is 1.87. The fourth-order valence-corrected chi connectivity index (χ4v) is 2.95. The number of benzene rings is 1. The van der Waals surface area contributed by atoms with Gasteiger partial charge in [0, 0.05) is 17.7 Å². The van der Waals surface area contributed by atoms with Crippen molar-refractivity contribution in [3.63, 3.8) is 0 Å². The summed E-state index contributed by atoms with van der Waals surface area (Å²) in [6.07, 6.45) is 3.80. The highest BCUT2D eigenvalue weighted by atomic mass is 16.6. The van der Waals surface area contributed by atoms with Gasteiger partial charge in [-0.1, -0.05) is 19.3 Å². The molecular formula is C18H23N3O6. The monoisotopic (exact) mass is 377 g/mol. The molecule has 1 aromatic carbocycles. The molecule has 1 aliphatic carbocycles. The fraction of sp³-hybridized carbons (Fsp3) is 0.500. The largest absolute Gasteiger partial charge is 0.449 e. The summed E-state index contributed by atoms with van der Waals surface area (Å²) in [7, 11) is 0. The number of ether oxygens (including phenoxy) is 1. The van der Waals surface area contributed by atoms with Gasteiger partial charge >= 0.3 is 12.0 Å². The van der Waals surface area contributed by atoms with Crippen molar-refractivity contribution < 1.29 is 24.0 Å². The van der Waals surface area contributed by atoms with Crippen molar-refractivity contribution in [1.82, 2.24) is 10.6 Å². The topological polar surface area (TPSA) is 128 Å². The summed E-state index contributed by atoms with van der Waals surface area (Å²) in [6.45, 7) is 2.85. The van der Waals surface area contributed by atoms with Crippen molar-refractivity contribution >= 4 is 23.6 Å². The van der Waals surface area contributed by atoms with Gasteiger partial charge in [-0.15, -0.1) is 0 Å². The van der Waals surface area contributed by atoms with E-state index in [9.17, 15) is 24.5 Å². The van der Waals surface area contributed by atoms with Crippen LogP contribution in [0.2, 0.25) is 0 Å². The molecule has 0 unspecified atom stereocenters. The Labute approximate surface area is 156 Å². The van der Waals surface area contributed by atoms with E-state index >= 15 is 0 Å². The average molecular weight is 377 g/mol. The first-order valence-electron chi connectivity index (χ1n) is 8.85. The van der Waals surface area contributed by atoms with Crippen molar-refractivity contribution in [3.8, 4) is 0 Å². The first kappa shape index (κ1) is 20.3. The van der Waals surface area contributed by atoms with Gasteiger partial charge in [0.1, 0.15) is 0 Å². The third kappa shape index (κ3) is 5.77. The molecule has 0 radical (unpaired) electrons. The number of nitrogens with one attached hydrogen (secondary N) is 2. The Morgan fingerprint density at radius 2 is 1.89 bits per heavy atom. The van der Waals surface area contributed by atoms with Crippen LogP contribution in [0.3, 0.4) is 0 Å². The summed E-state index contributed by atoms with van der Waals surface area (Å²) in [4.78, 5) is 46.3. The molecule has 1 fully saturated rings. The highest BCUT2D eigenvalue weighted by Gasteiger charge is 2.23. The molecule has 0 aliphatic heterocycles. The second-order valence-corrected chi connectivity index (χ2v) is 6.60. The van der Waals surface area contributed by atoms with Gasteiger partial charge in [0.2, 0.25) is 0 Å². The molecule has 9 heteroatoms. The van der Waals surface area contributed by atoms with Gasteiger partial charge in [0.05, 0.1) is 10.5 Å². The minimum Gasteiger partial charge on any atom is -0.449 e. The Hall–Kier alpha value is -2.97. The number of imide groups is 1. The molecule has 1 aromatic rings. The van der Waals surface area contributed by atoms with Crippen LogP contribution in [0.4, 0.5) is 10.5 Å². The zero-order valence-corrected chi connectivity index (χ0v) is 15.3. The molecule has 0 spiro atoms. The summed E-state index contributed by atoms with van der Waals surface area (Å²) >= 11 is 0. The van der Waals surface area contributed by atoms with Crippen molar-refractivity contribution in [1.29, 1.82) is 0 Å². The van der Waals surface area contributed by atoms with Crippen molar-refractivity contribution in [2.24, 2.45) is 0 Å². The van der Waals surface area contributed by atoms with Gasteiger partial charge < -0.3 is 10.1 Å². The summed E-state index contributed by atoms with van der Waals surface area (Å²) < 4.78 is 5.04. The molecule has 27 heavy (non-hydrogen) atoms. The number of nitro benzene ring substituents is 1. The predicted octanol–water partition coefficient (Wildman–Crippen LogP) is 2.61. The van der Waals surface area contributed by atoms with Crippen molar-refractivity contribution in [3.05, 3.63) is 39.4 Å². The van der Waals surface area contributed by atoms with Crippen LogP contribution in [-0.2, 0) is 9.53 Å². The number of hydrogen-bond donors (Lipinski definition) is 2. The minimum atomic E-state index is -1.19. The maximum absolute atomic E-state index is 12.1. The number of hydrogen-bond acceptors (Lipinski definition) is 6. The number of aryl methyl sites for hydroxylation is 1. The van der Waals surface area contributed by atoms with Gasteiger partial charge in [-0.3, -0.25) is 20.2 Å². The quantitative estimate of drug-likeness (QED) is 0.461. The summed E-state index contributed by atoms with van der Waals surface area (Å²) in [5.74, 6) is -1.54. The molecule has 0 heterocycles. The standard InChI is InChI=1S/C18H23N3O6/c1-11-10-13(8-9-15(11)21(25)26)17(23)27-12(2)16(22)20-18(24)19-14-6-4-3-5-7-14/h8-10,12,14H,3-7H2,1-2H3,(H2,19,20,22,24)/t12-/m1/s1. The number of nitro groups is 1. The van der Waals surface area contributed by atoms with E-state index in [1.54, 1.807) is 0 Å². The highest BCUT2D eigenvalue weighted by Crippen LogP contribution is 2.19. The lowest BCUT2D eigenvalue weighted by Gasteiger charge is -2.23. The molecule has 1 atom stereocenters. The van der Waals surface area contributed by atoms with Crippen LogP contribution in [0.15, 0.2) is 18.2 Å². The third-order valence-electron chi connectivity index (χ3n) is 4.46. The van der Waals surface area contributed by atoms with E-state index in [-0.39, 0.29) is 17.3 Å². The lowest BCUT2D eigenvalue weighted by Crippen LogP contribution is -2.48. The molecule has 1 saturated carbocycles. The molecule has 2 rings (SSSR count). The zero-order valence-electron chi connectivity index (χ0n) is 15.3. The maximum atomic E-state index is 12.1. The molecule has 0 bridgehead atoms. The molecule has 0 saturated heterocycles. The molecule has 2 N–H and O–H groups in total. The lowest BCUT2D eigenvalue weighted by atomic mass is 9.96. The van der Waals surface area contributed by atoms with Crippen molar-refractivity contribution in [2.75, 3.05) is 0 Å².